The van der Waals surface area contributed by atoms with Gasteiger partial charge in [-0.15, -0.1) is 0 Å². The van der Waals surface area contributed by atoms with Crippen LogP contribution in [0.1, 0.15) is 0 Å². The molecule has 1 N–H and O–H groups in total. The summed E-state index contributed by atoms with van der Waals surface area (Å²) in [6.07, 6.45) is -1.41. The molecule has 0 fully saturated rings. The van der Waals surface area contributed by atoms with E-state index in [1.54, 1.807) is 0 Å². The summed E-state index contributed by atoms with van der Waals surface area (Å²) in [4.78, 5) is 0. The molecular formula is C13H14NO2PS2. The third kappa shape index (κ3) is 3.51. The topological polar surface area (TPSA) is 46.2 Å². The Hall–Kier alpha value is -1.00. The number of hydrogen-bond acceptors (Lipinski definition) is 3. The van der Waals surface area contributed by atoms with Gasteiger partial charge in [0.1, 0.15) is 0 Å². The summed E-state index contributed by atoms with van der Waals surface area (Å²) in [5, 5.41) is 1.67. The molecule has 0 aliphatic rings. The van der Waals surface area contributed by atoms with Crippen LogP contribution in [-0.4, -0.2) is 14.7 Å². The molecule has 2 aromatic carbocycles. The summed E-state index contributed by atoms with van der Waals surface area (Å²) < 4.78 is 26.0. The number of rotatable bonds is 4. The molecule has 0 bridgehead atoms. The van der Waals surface area contributed by atoms with Crippen LogP contribution >= 0.6 is 6.19 Å². The summed E-state index contributed by atoms with van der Waals surface area (Å²) in [6.45, 7) is 0. The summed E-state index contributed by atoms with van der Waals surface area (Å²) in [7, 11) is -3.38. The Bertz CT molecular complexity index is 656. The Kier molecular flexibility index (Phi) is 4.21. The highest BCUT2D eigenvalue weighted by Crippen LogP contribution is 2.39. The lowest BCUT2D eigenvalue weighted by Crippen LogP contribution is -2.31. The van der Waals surface area contributed by atoms with Gasteiger partial charge in [0, 0.05) is 10.6 Å². The Morgan fingerprint density at radius 1 is 0.895 bits per heavy atom. The van der Waals surface area contributed by atoms with E-state index in [9.17, 15) is 8.42 Å². The van der Waals surface area contributed by atoms with Crippen LogP contribution in [0.5, 0.6) is 0 Å². The lowest BCUT2D eigenvalue weighted by Gasteiger charge is -2.23. The van der Waals surface area contributed by atoms with Gasteiger partial charge in [0.2, 0.25) is 10.0 Å². The number of nitrogens with one attached hydrogen (secondary N) is 1. The molecule has 2 rings (SSSR count). The highest BCUT2D eigenvalue weighted by molar-refractivity contribution is 8.24. The van der Waals surface area contributed by atoms with Gasteiger partial charge in [-0.1, -0.05) is 72.5 Å². The van der Waals surface area contributed by atoms with Crippen molar-refractivity contribution < 1.29 is 8.42 Å². The van der Waals surface area contributed by atoms with E-state index in [1.807, 2.05) is 60.7 Å². The second kappa shape index (κ2) is 5.55. The van der Waals surface area contributed by atoms with E-state index in [4.69, 9.17) is 11.8 Å². The normalized spacial score (nSPS) is 12.3. The van der Waals surface area contributed by atoms with Crippen LogP contribution in [0, 0.1) is 0 Å². The molecule has 3 nitrogen and oxygen atoms in total. The minimum Gasteiger partial charge on any atom is -0.212 e. The Balaban J connectivity index is 2.61. The van der Waals surface area contributed by atoms with Gasteiger partial charge in [-0.25, -0.2) is 8.42 Å². The first-order valence-corrected chi connectivity index (χ1v) is 10.3. The van der Waals surface area contributed by atoms with Gasteiger partial charge in [-0.2, -0.15) is 4.49 Å². The molecule has 0 unspecified atom stereocenters. The summed E-state index contributed by atoms with van der Waals surface area (Å²) in [5.41, 5.74) is 0. The largest absolute Gasteiger partial charge is 0.213 e. The van der Waals surface area contributed by atoms with E-state index in [1.165, 1.54) is 0 Å². The van der Waals surface area contributed by atoms with Crippen LogP contribution in [0.4, 0.5) is 0 Å². The second-order valence-corrected chi connectivity index (χ2v) is 10.3. The first-order valence-electron chi connectivity index (χ1n) is 5.62. The van der Waals surface area contributed by atoms with Crippen molar-refractivity contribution in [1.29, 1.82) is 0 Å². The van der Waals surface area contributed by atoms with Gasteiger partial charge in [0.05, 0.1) is 12.4 Å². The molecule has 0 aromatic heterocycles. The molecule has 0 radical (unpaired) electrons. The van der Waals surface area contributed by atoms with E-state index in [0.29, 0.717) is 0 Å². The van der Waals surface area contributed by atoms with E-state index in [-0.39, 0.29) is 0 Å². The van der Waals surface area contributed by atoms with Crippen molar-refractivity contribution in [2.24, 2.45) is 0 Å². The van der Waals surface area contributed by atoms with Gasteiger partial charge in [0.15, 0.2) is 0 Å². The molecular weight excluding hydrogens is 297 g/mol. The zero-order chi connectivity index (χ0) is 13.9. The van der Waals surface area contributed by atoms with E-state index in [2.05, 4.69) is 4.49 Å². The zero-order valence-electron chi connectivity index (χ0n) is 10.4. The zero-order valence-corrected chi connectivity index (χ0v) is 12.9. The van der Waals surface area contributed by atoms with E-state index in [0.717, 1.165) is 16.9 Å². The molecule has 0 spiro atoms. The molecule has 0 aliphatic carbocycles. The lowest BCUT2D eigenvalue weighted by molar-refractivity contribution is 0.600. The van der Waals surface area contributed by atoms with Crippen molar-refractivity contribution in [2.75, 3.05) is 6.26 Å². The number of benzene rings is 2. The predicted molar refractivity (Wildman–Crippen MR) is 84.4 cm³/mol. The van der Waals surface area contributed by atoms with Gasteiger partial charge < -0.3 is 0 Å². The first-order chi connectivity index (χ1) is 8.92. The van der Waals surface area contributed by atoms with Gasteiger partial charge >= 0.3 is 0 Å². The van der Waals surface area contributed by atoms with Crippen molar-refractivity contribution in [3.05, 3.63) is 60.7 Å². The van der Waals surface area contributed by atoms with Crippen molar-refractivity contribution >= 4 is 38.6 Å². The average molecular weight is 311 g/mol. The smallest absolute Gasteiger partial charge is 0.212 e. The minimum absolute atomic E-state index is 0.835. The third-order valence-corrected chi connectivity index (χ3v) is 8.88. The molecule has 100 valence electrons. The molecule has 0 aliphatic heterocycles. The van der Waals surface area contributed by atoms with Crippen LogP contribution in [0.3, 0.4) is 0 Å². The fourth-order valence-corrected chi connectivity index (χ4v) is 7.91. The predicted octanol–water partition coefficient (Wildman–Crippen LogP) is 1.58. The minimum atomic E-state index is -3.38. The van der Waals surface area contributed by atoms with Crippen LogP contribution in [-0.2, 0) is 21.8 Å². The summed E-state index contributed by atoms with van der Waals surface area (Å²) in [5.74, 6) is 0. The van der Waals surface area contributed by atoms with Crippen molar-refractivity contribution in [2.45, 2.75) is 0 Å². The SMILES string of the molecule is CS(=O)(=O)NP(=S)(c1ccccc1)c1ccccc1. The molecule has 0 atom stereocenters. The van der Waals surface area contributed by atoms with Crippen LogP contribution < -0.4 is 15.1 Å². The lowest BCUT2D eigenvalue weighted by atomic mass is 10.4. The highest BCUT2D eigenvalue weighted by atomic mass is 32.4. The Labute approximate surface area is 118 Å². The van der Waals surface area contributed by atoms with Crippen LogP contribution in [0.2, 0.25) is 0 Å². The molecule has 0 heterocycles. The maximum absolute atomic E-state index is 11.6. The van der Waals surface area contributed by atoms with Gasteiger partial charge in [-0.3, -0.25) is 0 Å². The molecule has 2 aromatic rings. The maximum atomic E-state index is 11.6. The first kappa shape index (κ1) is 14.4. The molecule has 19 heavy (non-hydrogen) atoms. The summed E-state index contributed by atoms with van der Waals surface area (Å²) in [6, 6.07) is 18.7. The van der Waals surface area contributed by atoms with Gasteiger partial charge in [0.25, 0.3) is 0 Å². The second-order valence-electron chi connectivity index (χ2n) is 4.14. The Morgan fingerprint density at radius 3 is 1.58 bits per heavy atom. The molecule has 0 saturated heterocycles. The van der Waals surface area contributed by atoms with E-state index < -0.39 is 16.2 Å². The van der Waals surface area contributed by atoms with Crippen molar-refractivity contribution in [3.8, 4) is 0 Å². The van der Waals surface area contributed by atoms with Crippen LogP contribution in [0.15, 0.2) is 60.7 Å². The monoisotopic (exact) mass is 311 g/mol. The van der Waals surface area contributed by atoms with Crippen LogP contribution in [0.25, 0.3) is 0 Å². The average Bonchev–Trinajstić information content (AvgIpc) is 2.39. The third-order valence-electron chi connectivity index (χ3n) is 2.53. The number of hydrogen-bond donors (Lipinski definition) is 1. The molecule has 6 heteroatoms. The summed E-state index contributed by atoms with van der Waals surface area (Å²) >= 11 is 5.70. The highest BCUT2D eigenvalue weighted by Gasteiger charge is 2.25. The van der Waals surface area contributed by atoms with Gasteiger partial charge in [-0.05, 0) is 0 Å². The quantitative estimate of drug-likeness (QED) is 0.872. The Morgan fingerprint density at radius 2 is 1.26 bits per heavy atom. The maximum Gasteiger partial charge on any atom is 0.213 e. The number of sulfonamides is 1. The van der Waals surface area contributed by atoms with Crippen molar-refractivity contribution in [3.63, 3.8) is 0 Å². The molecule has 0 amide bonds. The van der Waals surface area contributed by atoms with E-state index >= 15 is 0 Å². The fourth-order valence-electron chi connectivity index (χ4n) is 1.76. The fraction of sp³-hybridized carbons (Fsp3) is 0.0769. The van der Waals surface area contributed by atoms with Crippen molar-refractivity contribution in [1.82, 2.24) is 4.49 Å². The standard InChI is InChI=1S/C13H14NO2PS2/c1-19(15,16)14-17(18,12-8-4-2-5-9-12)13-10-6-3-7-11-13/h2-11H,1H3,(H,14,18). The molecule has 0 saturated carbocycles.